The van der Waals surface area contributed by atoms with Gasteiger partial charge in [0.05, 0.1) is 0 Å². The number of nitrogens with one attached hydrogen (secondary N) is 1. The molecule has 0 aromatic heterocycles. The first kappa shape index (κ1) is 14.8. The van der Waals surface area contributed by atoms with Crippen molar-refractivity contribution < 1.29 is 4.79 Å². The number of alkyl halides is 1. The highest BCUT2D eigenvalue weighted by molar-refractivity contribution is 9.08. The van der Waals surface area contributed by atoms with Gasteiger partial charge in [0.15, 0.2) is 0 Å². The minimum absolute atomic E-state index is 0.00726. The number of halogens is 1. The summed E-state index contributed by atoms with van der Waals surface area (Å²) in [6.45, 7) is 2.72. The average Bonchev–Trinajstić information content (AvgIpc) is 2.49. The predicted molar refractivity (Wildman–Crippen MR) is 86.3 cm³/mol. The zero-order chi connectivity index (χ0) is 14.4. The van der Waals surface area contributed by atoms with E-state index in [1.807, 2.05) is 24.3 Å². The van der Waals surface area contributed by atoms with E-state index in [1.165, 1.54) is 11.1 Å². The molecular formula is C17H18BrNO. The quantitative estimate of drug-likeness (QED) is 0.828. The van der Waals surface area contributed by atoms with Crippen LogP contribution in [-0.4, -0.2) is 12.5 Å². The Labute approximate surface area is 128 Å². The summed E-state index contributed by atoms with van der Waals surface area (Å²) >= 11 is 3.41. The lowest BCUT2D eigenvalue weighted by molar-refractivity contribution is 0.0953. The van der Waals surface area contributed by atoms with E-state index in [2.05, 4.69) is 52.4 Å². The number of amides is 1. The molecule has 0 atom stereocenters. The van der Waals surface area contributed by atoms with Crippen LogP contribution in [0.4, 0.5) is 0 Å². The summed E-state index contributed by atoms with van der Waals surface area (Å²) in [6, 6.07) is 16.1. The normalized spacial score (nSPS) is 10.3. The van der Waals surface area contributed by atoms with Crippen molar-refractivity contribution in [2.75, 3.05) is 6.54 Å². The summed E-state index contributed by atoms with van der Waals surface area (Å²) < 4.78 is 0. The Morgan fingerprint density at radius 1 is 1.10 bits per heavy atom. The number of hydrogen-bond donors (Lipinski definition) is 1. The van der Waals surface area contributed by atoms with E-state index in [0.717, 1.165) is 17.5 Å². The summed E-state index contributed by atoms with van der Waals surface area (Å²) in [5.41, 5.74) is 4.25. The smallest absolute Gasteiger partial charge is 0.251 e. The van der Waals surface area contributed by atoms with Crippen molar-refractivity contribution in [3.63, 3.8) is 0 Å². The van der Waals surface area contributed by atoms with Crippen molar-refractivity contribution >= 4 is 21.8 Å². The molecule has 1 N–H and O–H groups in total. The topological polar surface area (TPSA) is 29.1 Å². The summed E-state index contributed by atoms with van der Waals surface area (Å²) in [5, 5.41) is 3.67. The highest BCUT2D eigenvalue weighted by atomic mass is 79.9. The zero-order valence-corrected chi connectivity index (χ0v) is 13.1. The number of rotatable bonds is 5. The van der Waals surface area contributed by atoms with Gasteiger partial charge in [-0.15, -0.1) is 0 Å². The Balaban J connectivity index is 1.90. The molecule has 2 nitrogen and oxygen atoms in total. The minimum Gasteiger partial charge on any atom is -0.352 e. The molecule has 0 saturated heterocycles. The number of carbonyl (C=O) groups excluding carboxylic acids is 1. The monoisotopic (exact) mass is 331 g/mol. The van der Waals surface area contributed by atoms with Crippen LogP contribution in [0.15, 0.2) is 48.5 Å². The van der Waals surface area contributed by atoms with Gasteiger partial charge in [-0.25, -0.2) is 0 Å². The van der Waals surface area contributed by atoms with Crippen molar-refractivity contribution in [3.05, 3.63) is 70.8 Å². The van der Waals surface area contributed by atoms with Crippen molar-refractivity contribution in [3.8, 4) is 0 Å². The number of aryl methyl sites for hydroxylation is 1. The first-order chi connectivity index (χ1) is 9.70. The van der Waals surface area contributed by atoms with E-state index in [-0.39, 0.29) is 5.91 Å². The van der Waals surface area contributed by atoms with Gasteiger partial charge in [0.25, 0.3) is 5.91 Å². The van der Waals surface area contributed by atoms with Crippen LogP contribution < -0.4 is 5.32 Å². The second-order valence-corrected chi connectivity index (χ2v) is 5.34. The van der Waals surface area contributed by atoms with Gasteiger partial charge in [-0.05, 0) is 30.5 Å². The molecule has 0 fully saturated rings. The number of benzene rings is 2. The fraction of sp³-hybridized carbons (Fsp3) is 0.235. The zero-order valence-electron chi connectivity index (χ0n) is 11.5. The lowest BCUT2D eigenvalue weighted by Crippen LogP contribution is -2.26. The van der Waals surface area contributed by atoms with Gasteiger partial charge in [-0.2, -0.15) is 0 Å². The Hall–Kier alpha value is -1.61. The fourth-order valence-corrected chi connectivity index (χ4v) is 2.52. The van der Waals surface area contributed by atoms with Crippen molar-refractivity contribution in [2.45, 2.75) is 18.7 Å². The van der Waals surface area contributed by atoms with Crippen LogP contribution in [0.3, 0.4) is 0 Å². The first-order valence-corrected chi connectivity index (χ1v) is 7.80. The molecule has 2 aromatic rings. The maximum absolute atomic E-state index is 12.1. The summed E-state index contributed by atoms with van der Waals surface area (Å²) in [4.78, 5) is 12.1. The second-order valence-electron chi connectivity index (χ2n) is 4.78. The molecule has 2 rings (SSSR count). The average molecular weight is 332 g/mol. The van der Waals surface area contributed by atoms with Gasteiger partial charge < -0.3 is 5.32 Å². The molecule has 0 saturated carbocycles. The first-order valence-electron chi connectivity index (χ1n) is 6.68. The molecule has 0 spiro atoms. The lowest BCUT2D eigenvalue weighted by Gasteiger charge is -2.08. The van der Waals surface area contributed by atoms with Gasteiger partial charge in [0, 0.05) is 17.4 Å². The SMILES string of the molecule is Cc1ccc(CCNC(=O)c2ccccc2CBr)cc1. The van der Waals surface area contributed by atoms with E-state index in [1.54, 1.807) is 0 Å². The molecular weight excluding hydrogens is 314 g/mol. The maximum Gasteiger partial charge on any atom is 0.251 e. The van der Waals surface area contributed by atoms with E-state index in [9.17, 15) is 4.79 Å². The summed E-state index contributed by atoms with van der Waals surface area (Å²) in [5.74, 6) is -0.00726. The van der Waals surface area contributed by atoms with Crippen LogP contribution >= 0.6 is 15.9 Å². The number of hydrogen-bond acceptors (Lipinski definition) is 1. The molecule has 20 heavy (non-hydrogen) atoms. The third-order valence-corrected chi connectivity index (χ3v) is 3.83. The molecule has 0 aliphatic carbocycles. The fourth-order valence-electron chi connectivity index (χ4n) is 2.03. The predicted octanol–water partition coefficient (Wildman–Crippen LogP) is 3.86. The van der Waals surface area contributed by atoms with Crippen LogP contribution in [0.2, 0.25) is 0 Å². The number of carbonyl (C=O) groups is 1. The van der Waals surface area contributed by atoms with E-state index in [4.69, 9.17) is 0 Å². The Bertz CT molecular complexity index is 578. The molecule has 1 amide bonds. The van der Waals surface area contributed by atoms with Crippen LogP contribution in [-0.2, 0) is 11.8 Å². The van der Waals surface area contributed by atoms with Gasteiger partial charge in [-0.3, -0.25) is 4.79 Å². The third kappa shape index (κ3) is 3.94. The standard InChI is InChI=1S/C17H18BrNO/c1-13-6-8-14(9-7-13)10-11-19-17(20)16-5-3-2-4-15(16)12-18/h2-9H,10-12H2,1H3,(H,19,20). The van der Waals surface area contributed by atoms with E-state index in [0.29, 0.717) is 11.9 Å². The molecule has 0 aliphatic heterocycles. The van der Waals surface area contributed by atoms with Crippen molar-refractivity contribution in [2.24, 2.45) is 0 Å². The third-order valence-electron chi connectivity index (χ3n) is 3.23. The van der Waals surface area contributed by atoms with Crippen LogP contribution in [0.5, 0.6) is 0 Å². The minimum atomic E-state index is -0.00726. The second kappa shape index (κ2) is 7.25. The van der Waals surface area contributed by atoms with Gasteiger partial charge in [0.2, 0.25) is 0 Å². The Kier molecular flexibility index (Phi) is 5.36. The Morgan fingerprint density at radius 3 is 2.50 bits per heavy atom. The molecule has 104 valence electrons. The molecule has 0 radical (unpaired) electrons. The summed E-state index contributed by atoms with van der Waals surface area (Å²) in [7, 11) is 0. The van der Waals surface area contributed by atoms with Crippen LogP contribution in [0.25, 0.3) is 0 Å². The van der Waals surface area contributed by atoms with Crippen LogP contribution in [0, 0.1) is 6.92 Å². The highest BCUT2D eigenvalue weighted by Gasteiger charge is 2.09. The van der Waals surface area contributed by atoms with Crippen molar-refractivity contribution in [1.82, 2.24) is 5.32 Å². The largest absolute Gasteiger partial charge is 0.352 e. The van der Waals surface area contributed by atoms with Gasteiger partial charge in [0.1, 0.15) is 0 Å². The molecule has 0 heterocycles. The molecule has 2 aromatic carbocycles. The molecule has 3 heteroatoms. The van der Waals surface area contributed by atoms with Crippen LogP contribution in [0.1, 0.15) is 27.0 Å². The maximum atomic E-state index is 12.1. The molecule has 0 bridgehead atoms. The highest BCUT2D eigenvalue weighted by Crippen LogP contribution is 2.12. The van der Waals surface area contributed by atoms with Gasteiger partial charge >= 0.3 is 0 Å². The van der Waals surface area contributed by atoms with E-state index < -0.39 is 0 Å². The summed E-state index contributed by atoms with van der Waals surface area (Å²) in [6.07, 6.45) is 0.850. The van der Waals surface area contributed by atoms with E-state index >= 15 is 0 Å². The lowest BCUT2D eigenvalue weighted by atomic mass is 10.1. The molecule has 0 aliphatic rings. The van der Waals surface area contributed by atoms with Gasteiger partial charge in [-0.1, -0.05) is 64.0 Å². The Morgan fingerprint density at radius 2 is 1.80 bits per heavy atom. The van der Waals surface area contributed by atoms with Crippen molar-refractivity contribution in [1.29, 1.82) is 0 Å². The molecule has 0 unspecified atom stereocenters.